The molecular formula is C26H37NO4Si. The van der Waals surface area contributed by atoms with Gasteiger partial charge in [0.15, 0.2) is 8.32 Å². The number of benzene rings is 1. The Balaban J connectivity index is 2.18. The second-order valence-electron chi connectivity index (χ2n) is 10.0. The van der Waals surface area contributed by atoms with Gasteiger partial charge in [0.1, 0.15) is 5.78 Å². The summed E-state index contributed by atoms with van der Waals surface area (Å²) in [5.41, 5.74) is 4.15. The number of hydrogen-bond acceptors (Lipinski definition) is 5. The molecule has 0 aliphatic carbocycles. The minimum absolute atomic E-state index is 0.0137. The van der Waals surface area contributed by atoms with Crippen LogP contribution in [0.1, 0.15) is 67.9 Å². The van der Waals surface area contributed by atoms with Crippen LogP contribution in [0.25, 0.3) is 11.3 Å². The van der Waals surface area contributed by atoms with Gasteiger partial charge in [-0.15, -0.1) is 0 Å². The Bertz CT molecular complexity index is 945. The molecule has 0 N–H and O–H groups in total. The molecule has 0 amide bonds. The molecule has 0 unspecified atom stereocenters. The lowest BCUT2D eigenvalue weighted by atomic mass is 9.88. The molecule has 0 radical (unpaired) electrons. The minimum atomic E-state index is -1.86. The minimum Gasteiger partial charge on any atom is -0.465 e. The molecule has 5 nitrogen and oxygen atoms in total. The standard InChI is InChI=1S/C26H37NO4Si/c1-18-9-12-24(27-17-18)23-16-20(25(29)30-6)10-11-22(23)19(2)15-21(28)13-14-31-32(7,8)26(3,4)5/h9-12,16-17,19H,13-15H2,1-8H3/t19-/m0/s1. The van der Waals surface area contributed by atoms with E-state index in [-0.39, 0.29) is 16.7 Å². The van der Waals surface area contributed by atoms with E-state index in [9.17, 15) is 9.59 Å². The number of methoxy groups -OCH3 is 1. The number of carbonyl (C=O) groups excluding carboxylic acids is 2. The molecule has 0 aliphatic rings. The smallest absolute Gasteiger partial charge is 0.337 e. The van der Waals surface area contributed by atoms with Gasteiger partial charge in [0.25, 0.3) is 0 Å². The zero-order valence-corrected chi connectivity index (χ0v) is 21.7. The zero-order valence-electron chi connectivity index (χ0n) is 20.7. The number of ether oxygens (including phenoxy) is 1. The van der Waals surface area contributed by atoms with Gasteiger partial charge < -0.3 is 9.16 Å². The van der Waals surface area contributed by atoms with Gasteiger partial charge >= 0.3 is 5.97 Å². The Morgan fingerprint density at radius 2 is 1.81 bits per heavy atom. The summed E-state index contributed by atoms with van der Waals surface area (Å²) in [5, 5.41) is 0.126. The molecule has 0 aliphatic heterocycles. The van der Waals surface area contributed by atoms with Crippen molar-refractivity contribution < 1.29 is 18.8 Å². The van der Waals surface area contributed by atoms with Crippen molar-refractivity contribution in [1.82, 2.24) is 4.98 Å². The summed E-state index contributed by atoms with van der Waals surface area (Å²) >= 11 is 0. The van der Waals surface area contributed by atoms with Gasteiger partial charge in [-0.3, -0.25) is 9.78 Å². The molecule has 1 heterocycles. The summed E-state index contributed by atoms with van der Waals surface area (Å²) in [6, 6.07) is 9.40. The number of ketones is 1. The maximum absolute atomic E-state index is 12.7. The first-order valence-corrected chi connectivity index (χ1v) is 14.1. The maximum Gasteiger partial charge on any atom is 0.337 e. The van der Waals surface area contributed by atoms with E-state index in [2.05, 4.69) is 38.8 Å². The molecule has 2 rings (SSSR count). The van der Waals surface area contributed by atoms with Gasteiger partial charge in [-0.05, 0) is 60.3 Å². The van der Waals surface area contributed by atoms with Crippen molar-refractivity contribution in [1.29, 1.82) is 0 Å². The highest BCUT2D eigenvalue weighted by Crippen LogP contribution is 2.37. The molecule has 0 spiro atoms. The molecular weight excluding hydrogens is 418 g/mol. The lowest BCUT2D eigenvalue weighted by Gasteiger charge is -2.36. The molecule has 0 saturated carbocycles. The summed E-state index contributed by atoms with van der Waals surface area (Å²) in [5.74, 6) is -0.229. The Morgan fingerprint density at radius 3 is 2.38 bits per heavy atom. The Hall–Kier alpha value is -2.31. The molecule has 0 fully saturated rings. The van der Waals surface area contributed by atoms with Crippen molar-refractivity contribution in [3.63, 3.8) is 0 Å². The summed E-state index contributed by atoms with van der Waals surface area (Å²) in [6.07, 6.45) is 2.63. The topological polar surface area (TPSA) is 65.5 Å². The molecule has 1 aromatic heterocycles. The van der Waals surface area contributed by atoms with Gasteiger partial charge in [-0.2, -0.15) is 0 Å². The van der Waals surface area contributed by atoms with Gasteiger partial charge in [-0.25, -0.2) is 4.79 Å². The van der Waals surface area contributed by atoms with Gasteiger partial charge in [-0.1, -0.05) is 39.8 Å². The van der Waals surface area contributed by atoms with Crippen molar-refractivity contribution in [3.05, 3.63) is 53.2 Å². The Labute approximate surface area is 193 Å². The summed E-state index contributed by atoms with van der Waals surface area (Å²) in [6.45, 7) is 15.5. The number of rotatable bonds is 9. The fraction of sp³-hybridized carbons (Fsp3) is 0.500. The van der Waals surface area contributed by atoms with Crippen LogP contribution in [0.4, 0.5) is 0 Å². The SMILES string of the molecule is COC(=O)c1ccc([C@@H](C)CC(=O)CCO[Si](C)(C)C(C)(C)C)c(-c2ccc(C)cn2)c1. The number of Topliss-reactive ketones (excluding diaryl/α,β-unsaturated/α-hetero) is 1. The first-order valence-electron chi connectivity index (χ1n) is 11.2. The van der Waals surface area contributed by atoms with Crippen LogP contribution in [-0.4, -0.2) is 38.8 Å². The fourth-order valence-corrected chi connectivity index (χ4v) is 4.32. The van der Waals surface area contributed by atoms with Crippen LogP contribution < -0.4 is 0 Å². The summed E-state index contributed by atoms with van der Waals surface area (Å²) in [7, 11) is -0.490. The van der Waals surface area contributed by atoms with E-state index in [1.807, 2.05) is 32.0 Å². The van der Waals surface area contributed by atoms with Crippen LogP contribution in [0.5, 0.6) is 0 Å². The van der Waals surface area contributed by atoms with Crippen LogP contribution in [0.2, 0.25) is 18.1 Å². The van der Waals surface area contributed by atoms with E-state index in [0.29, 0.717) is 25.0 Å². The second-order valence-corrected chi connectivity index (χ2v) is 14.8. The van der Waals surface area contributed by atoms with Crippen molar-refractivity contribution in [3.8, 4) is 11.3 Å². The highest BCUT2D eigenvalue weighted by atomic mass is 28.4. The Kier molecular flexibility index (Phi) is 8.54. The third kappa shape index (κ3) is 6.59. The fourth-order valence-electron chi connectivity index (χ4n) is 3.27. The predicted molar refractivity (Wildman–Crippen MR) is 132 cm³/mol. The molecule has 0 bridgehead atoms. The van der Waals surface area contributed by atoms with Crippen LogP contribution in [-0.2, 0) is 14.0 Å². The lowest BCUT2D eigenvalue weighted by molar-refractivity contribution is -0.119. The first kappa shape index (κ1) is 25.9. The van der Waals surface area contributed by atoms with Crippen molar-refractivity contribution in [2.75, 3.05) is 13.7 Å². The summed E-state index contributed by atoms with van der Waals surface area (Å²) in [4.78, 5) is 29.3. The van der Waals surface area contributed by atoms with Crippen molar-refractivity contribution >= 4 is 20.1 Å². The highest BCUT2D eigenvalue weighted by Gasteiger charge is 2.37. The molecule has 0 saturated heterocycles. The normalized spacial score (nSPS) is 13.0. The largest absolute Gasteiger partial charge is 0.465 e. The van der Waals surface area contributed by atoms with Crippen LogP contribution in [0, 0.1) is 6.92 Å². The van der Waals surface area contributed by atoms with Gasteiger partial charge in [0.2, 0.25) is 0 Å². The quantitative estimate of drug-likeness (QED) is 0.327. The van der Waals surface area contributed by atoms with Crippen LogP contribution in [0.15, 0.2) is 36.5 Å². The first-order chi connectivity index (χ1) is 14.9. The molecule has 6 heteroatoms. The summed E-state index contributed by atoms with van der Waals surface area (Å²) < 4.78 is 11.0. The Morgan fingerprint density at radius 1 is 1.12 bits per heavy atom. The number of aromatic nitrogens is 1. The highest BCUT2D eigenvalue weighted by molar-refractivity contribution is 6.74. The van der Waals surface area contributed by atoms with E-state index in [4.69, 9.17) is 9.16 Å². The van der Waals surface area contributed by atoms with E-state index in [0.717, 1.165) is 22.4 Å². The van der Waals surface area contributed by atoms with Crippen LogP contribution >= 0.6 is 0 Å². The number of carbonyl (C=O) groups is 2. The average molecular weight is 456 g/mol. The van der Waals surface area contributed by atoms with E-state index >= 15 is 0 Å². The molecule has 1 atom stereocenters. The number of esters is 1. The van der Waals surface area contributed by atoms with Gasteiger partial charge in [0.05, 0.1) is 18.4 Å². The van der Waals surface area contributed by atoms with Crippen molar-refractivity contribution in [2.45, 2.75) is 71.5 Å². The third-order valence-electron chi connectivity index (χ3n) is 6.38. The number of aryl methyl sites for hydroxylation is 1. The molecule has 174 valence electrons. The number of pyridine rings is 1. The van der Waals surface area contributed by atoms with E-state index < -0.39 is 14.3 Å². The molecule has 2 aromatic rings. The third-order valence-corrected chi connectivity index (χ3v) is 10.9. The van der Waals surface area contributed by atoms with E-state index in [1.165, 1.54) is 7.11 Å². The van der Waals surface area contributed by atoms with E-state index in [1.54, 1.807) is 18.3 Å². The maximum atomic E-state index is 12.7. The number of hydrogen-bond donors (Lipinski definition) is 0. The van der Waals surface area contributed by atoms with Crippen molar-refractivity contribution in [2.24, 2.45) is 0 Å². The molecule has 32 heavy (non-hydrogen) atoms. The average Bonchev–Trinajstić information content (AvgIpc) is 2.72. The van der Waals surface area contributed by atoms with Gasteiger partial charge in [0, 0.05) is 31.2 Å². The second kappa shape index (κ2) is 10.5. The number of nitrogens with zero attached hydrogens (tertiary/aromatic N) is 1. The molecule has 1 aromatic carbocycles. The predicted octanol–water partition coefficient (Wildman–Crippen LogP) is 6.32. The van der Waals surface area contributed by atoms with Crippen LogP contribution in [0.3, 0.4) is 0 Å². The zero-order chi connectivity index (χ0) is 24.1. The lowest BCUT2D eigenvalue weighted by Crippen LogP contribution is -2.41. The monoisotopic (exact) mass is 455 g/mol.